The van der Waals surface area contributed by atoms with Crippen molar-refractivity contribution < 1.29 is 13.5 Å². The molecule has 0 bridgehead atoms. The van der Waals surface area contributed by atoms with Crippen LogP contribution in [0.3, 0.4) is 0 Å². The van der Waals surface area contributed by atoms with Gasteiger partial charge in [-0.25, -0.2) is 13.4 Å². The minimum atomic E-state index is -3.94. The highest BCUT2D eigenvalue weighted by atomic mass is 32.2. The number of nitrogens with two attached hydrogens (primary N) is 3. The predicted molar refractivity (Wildman–Crippen MR) is 92.4 cm³/mol. The van der Waals surface area contributed by atoms with Crippen LogP contribution >= 0.6 is 0 Å². The summed E-state index contributed by atoms with van der Waals surface area (Å²) in [6, 6.07) is 11.5. The number of nitrogens with zero attached hydrogens (tertiary/aromatic N) is 2. The van der Waals surface area contributed by atoms with Gasteiger partial charge in [-0.15, -0.1) is 0 Å². The second-order valence-electron chi connectivity index (χ2n) is 4.63. The van der Waals surface area contributed by atoms with Crippen molar-refractivity contribution in [2.75, 3.05) is 4.72 Å². The fraction of sp³-hybridized carbons (Fsp3) is 0. The smallest absolute Gasteiger partial charge is 0.264 e. The Hall–Kier alpha value is -3.27. The van der Waals surface area contributed by atoms with Crippen LogP contribution in [0.4, 0.5) is 11.4 Å². The van der Waals surface area contributed by atoms with E-state index in [9.17, 15) is 13.5 Å². The van der Waals surface area contributed by atoms with Gasteiger partial charge >= 0.3 is 0 Å². The number of para-hydroxylation sites is 1. The molecule has 9 nitrogen and oxygen atoms in total. The van der Waals surface area contributed by atoms with Crippen molar-refractivity contribution in [1.29, 1.82) is 0 Å². The van der Waals surface area contributed by atoms with Crippen molar-refractivity contribution in [3.05, 3.63) is 48.5 Å². The minimum absolute atomic E-state index is 0.0213. The molecule has 8 N–H and O–H groups in total. The molecule has 2 aromatic carbocycles. The van der Waals surface area contributed by atoms with Gasteiger partial charge in [0.05, 0.1) is 5.69 Å². The molecule has 0 fully saturated rings. The Morgan fingerprint density at radius 2 is 1.62 bits per heavy atom. The minimum Gasteiger partial charge on any atom is -0.508 e. The Balaban J connectivity index is 2.40. The van der Waals surface area contributed by atoms with E-state index >= 15 is 0 Å². The quantitative estimate of drug-likeness (QED) is 0.304. The van der Waals surface area contributed by atoms with Gasteiger partial charge in [0.25, 0.3) is 10.0 Å². The first-order valence-corrected chi connectivity index (χ1v) is 8.11. The topological polar surface area (TPSA) is 169 Å². The number of aromatic hydroxyl groups is 1. The first-order chi connectivity index (χ1) is 11.3. The lowest BCUT2D eigenvalue weighted by molar-refractivity contribution is 0.475. The summed E-state index contributed by atoms with van der Waals surface area (Å²) in [4.78, 5) is 7.35. The fourth-order valence-electron chi connectivity index (χ4n) is 1.80. The molecule has 0 atom stereocenters. The summed E-state index contributed by atoms with van der Waals surface area (Å²) in [5.41, 5.74) is 16.3. The molecule has 0 spiro atoms. The van der Waals surface area contributed by atoms with E-state index in [1.807, 2.05) is 0 Å². The van der Waals surface area contributed by atoms with E-state index in [0.717, 1.165) is 0 Å². The van der Waals surface area contributed by atoms with Gasteiger partial charge < -0.3 is 22.3 Å². The third-order valence-electron chi connectivity index (χ3n) is 2.75. The second kappa shape index (κ2) is 6.87. The summed E-state index contributed by atoms with van der Waals surface area (Å²) in [5.74, 6) is -0.547. The monoisotopic (exact) mass is 348 g/mol. The number of aliphatic imine (C=N–C) groups is 2. The van der Waals surface area contributed by atoms with Crippen LogP contribution in [0.25, 0.3) is 0 Å². The van der Waals surface area contributed by atoms with Crippen molar-refractivity contribution in [2.45, 2.75) is 4.90 Å². The molecule has 0 saturated heterocycles. The molecule has 0 radical (unpaired) electrons. The molecule has 0 heterocycles. The fourth-order valence-corrected chi connectivity index (χ4v) is 3.00. The average molecular weight is 348 g/mol. The van der Waals surface area contributed by atoms with Crippen molar-refractivity contribution in [2.24, 2.45) is 27.2 Å². The van der Waals surface area contributed by atoms with Gasteiger partial charge in [-0.1, -0.05) is 12.1 Å². The summed E-state index contributed by atoms with van der Waals surface area (Å²) in [6.45, 7) is 0. The number of rotatable bonds is 4. The molecule has 2 rings (SSSR count). The normalized spacial score (nSPS) is 11.8. The first kappa shape index (κ1) is 17.1. The standard InChI is InChI=1S/C14H16N6O3S/c15-13(16)19-14(17)18-11-3-1-2-4-12(11)24(22,23)20-9-5-7-10(21)8-6-9/h1-8,20-21H,(H6,15,16,17,18,19). The molecular formula is C14H16N6O3S. The number of benzene rings is 2. The maximum absolute atomic E-state index is 12.5. The second-order valence-corrected chi connectivity index (χ2v) is 6.28. The third kappa shape index (κ3) is 4.36. The van der Waals surface area contributed by atoms with Crippen molar-refractivity contribution >= 4 is 33.3 Å². The van der Waals surface area contributed by atoms with Gasteiger partial charge in [0.15, 0.2) is 5.96 Å². The maximum Gasteiger partial charge on any atom is 0.264 e. The number of phenols is 1. The van der Waals surface area contributed by atoms with Gasteiger partial charge in [0.1, 0.15) is 10.6 Å². The summed E-state index contributed by atoms with van der Waals surface area (Å²) in [7, 11) is -3.94. The Kier molecular flexibility index (Phi) is 4.90. The lowest BCUT2D eigenvalue weighted by atomic mass is 10.3. The van der Waals surface area contributed by atoms with Gasteiger partial charge in [-0.2, -0.15) is 4.99 Å². The molecule has 0 saturated carbocycles. The zero-order valence-electron chi connectivity index (χ0n) is 12.4. The first-order valence-electron chi connectivity index (χ1n) is 6.62. The highest BCUT2D eigenvalue weighted by Gasteiger charge is 2.18. The Bertz CT molecular complexity index is 887. The van der Waals surface area contributed by atoms with Gasteiger partial charge in [-0.3, -0.25) is 4.72 Å². The van der Waals surface area contributed by atoms with Crippen molar-refractivity contribution in [3.8, 4) is 5.75 Å². The van der Waals surface area contributed by atoms with Gasteiger partial charge in [0.2, 0.25) is 5.96 Å². The number of nitrogens with one attached hydrogen (secondary N) is 1. The van der Waals surface area contributed by atoms with E-state index in [0.29, 0.717) is 0 Å². The Morgan fingerprint density at radius 1 is 1.00 bits per heavy atom. The van der Waals surface area contributed by atoms with Crippen LogP contribution in [0.5, 0.6) is 5.75 Å². The van der Waals surface area contributed by atoms with Crippen LogP contribution < -0.4 is 21.9 Å². The van der Waals surface area contributed by atoms with E-state index in [1.165, 1.54) is 36.4 Å². The third-order valence-corrected chi connectivity index (χ3v) is 4.18. The van der Waals surface area contributed by atoms with E-state index < -0.39 is 10.0 Å². The highest BCUT2D eigenvalue weighted by molar-refractivity contribution is 7.92. The average Bonchev–Trinajstić information content (AvgIpc) is 2.49. The van der Waals surface area contributed by atoms with Crippen LogP contribution in [0.1, 0.15) is 0 Å². The van der Waals surface area contributed by atoms with Crippen LogP contribution in [0.15, 0.2) is 63.4 Å². The van der Waals surface area contributed by atoms with E-state index in [1.54, 1.807) is 12.1 Å². The number of phenolic OH excluding ortho intramolecular Hbond substituents is 1. The van der Waals surface area contributed by atoms with Crippen LogP contribution in [0.2, 0.25) is 0 Å². The molecule has 0 aromatic heterocycles. The summed E-state index contributed by atoms with van der Waals surface area (Å²) in [6.07, 6.45) is 0. The number of sulfonamides is 1. The molecule has 10 heteroatoms. The van der Waals surface area contributed by atoms with Gasteiger partial charge in [0, 0.05) is 5.69 Å². The van der Waals surface area contributed by atoms with Crippen LogP contribution in [0, 0.1) is 0 Å². The lowest BCUT2D eigenvalue weighted by Gasteiger charge is -2.10. The van der Waals surface area contributed by atoms with Crippen LogP contribution in [-0.4, -0.2) is 25.4 Å². The molecule has 0 aliphatic rings. The number of guanidine groups is 2. The number of anilines is 1. The van der Waals surface area contributed by atoms with Crippen molar-refractivity contribution in [3.63, 3.8) is 0 Å². The molecule has 24 heavy (non-hydrogen) atoms. The molecule has 0 unspecified atom stereocenters. The SMILES string of the molecule is NC(N)=NC(N)=Nc1ccccc1S(=O)(=O)Nc1ccc(O)cc1. The van der Waals surface area contributed by atoms with Crippen molar-refractivity contribution in [1.82, 2.24) is 0 Å². The zero-order chi connectivity index (χ0) is 17.7. The summed E-state index contributed by atoms with van der Waals surface area (Å²) < 4.78 is 27.5. The Morgan fingerprint density at radius 3 is 2.25 bits per heavy atom. The number of hydrogen-bond acceptors (Lipinski definition) is 4. The molecule has 126 valence electrons. The van der Waals surface area contributed by atoms with E-state index in [4.69, 9.17) is 17.2 Å². The molecule has 0 aliphatic heterocycles. The maximum atomic E-state index is 12.5. The molecular weight excluding hydrogens is 332 g/mol. The Labute approximate surface area is 138 Å². The van der Waals surface area contributed by atoms with E-state index in [-0.39, 0.29) is 33.9 Å². The lowest BCUT2D eigenvalue weighted by Crippen LogP contribution is -2.26. The predicted octanol–water partition coefficient (Wildman–Crippen LogP) is 0.413. The highest BCUT2D eigenvalue weighted by Crippen LogP contribution is 2.26. The largest absolute Gasteiger partial charge is 0.508 e. The molecule has 0 amide bonds. The van der Waals surface area contributed by atoms with Crippen LogP contribution in [-0.2, 0) is 10.0 Å². The number of hydrogen-bond donors (Lipinski definition) is 5. The van der Waals surface area contributed by atoms with Gasteiger partial charge in [-0.05, 0) is 36.4 Å². The summed E-state index contributed by atoms with van der Waals surface area (Å²) in [5, 5.41) is 9.25. The van der Waals surface area contributed by atoms with E-state index in [2.05, 4.69) is 14.7 Å². The summed E-state index contributed by atoms with van der Waals surface area (Å²) >= 11 is 0. The zero-order valence-corrected chi connectivity index (χ0v) is 13.2. The molecule has 2 aromatic rings. The molecule has 0 aliphatic carbocycles.